The van der Waals surface area contributed by atoms with Crippen molar-refractivity contribution in [3.63, 3.8) is 0 Å². The molecule has 0 atom stereocenters. The number of aromatic nitrogens is 2. The van der Waals surface area contributed by atoms with Gasteiger partial charge in [-0.15, -0.1) is 0 Å². The van der Waals surface area contributed by atoms with Gasteiger partial charge in [0.1, 0.15) is 11.4 Å². The second-order valence-corrected chi connectivity index (χ2v) is 6.42. The monoisotopic (exact) mass is 296 g/mol. The first-order valence-corrected chi connectivity index (χ1v) is 7.30. The third-order valence-corrected chi connectivity index (χ3v) is 3.43. The third-order valence-electron chi connectivity index (χ3n) is 3.43. The maximum absolute atomic E-state index is 9.87. The molecule has 114 valence electrons. The minimum Gasteiger partial charge on any atom is -0.504 e. The number of nitrogens with zero attached hydrogens (tertiary/aromatic N) is 2. The molecule has 1 N–H and O–H groups in total. The molecule has 0 unspecified atom stereocenters. The Morgan fingerprint density at radius 2 is 1.91 bits per heavy atom. The van der Waals surface area contributed by atoms with E-state index in [-0.39, 0.29) is 11.4 Å². The number of hydrogen-bond acceptors (Lipinski definition) is 3. The maximum atomic E-state index is 9.87. The highest BCUT2D eigenvalue weighted by atomic mass is 16.5. The zero-order valence-corrected chi connectivity index (χ0v) is 13.3. The first-order chi connectivity index (χ1) is 10.3. The second-order valence-electron chi connectivity index (χ2n) is 6.42. The van der Waals surface area contributed by atoms with Crippen molar-refractivity contribution in [2.75, 3.05) is 0 Å². The number of aromatic hydroxyl groups is 1. The molecule has 2 heterocycles. The molecule has 2 aromatic heterocycles. The van der Waals surface area contributed by atoms with Gasteiger partial charge in [0.15, 0.2) is 11.4 Å². The van der Waals surface area contributed by atoms with Crippen LogP contribution in [0.15, 0.2) is 42.7 Å². The van der Waals surface area contributed by atoms with Crippen molar-refractivity contribution >= 4 is 5.65 Å². The minimum atomic E-state index is -0.218. The van der Waals surface area contributed by atoms with Crippen molar-refractivity contribution in [3.05, 3.63) is 48.3 Å². The number of imidazole rings is 1. The molecular formula is C18H20N2O2. The van der Waals surface area contributed by atoms with Gasteiger partial charge in [0.2, 0.25) is 0 Å². The molecule has 0 aliphatic carbocycles. The van der Waals surface area contributed by atoms with Crippen LogP contribution in [-0.2, 0) is 0 Å². The summed E-state index contributed by atoms with van der Waals surface area (Å²) in [5.74, 6) is 1.04. The molecule has 3 aromatic rings. The highest BCUT2D eigenvalue weighted by Gasteiger charge is 2.14. The zero-order valence-electron chi connectivity index (χ0n) is 13.3. The molecule has 0 saturated carbocycles. The Hall–Kier alpha value is -2.49. The molecule has 4 heteroatoms. The van der Waals surface area contributed by atoms with Crippen LogP contribution in [0.4, 0.5) is 0 Å². The van der Waals surface area contributed by atoms with Gasteiger partial charge in [-0.1, -0.05) is 0 Å². The predicted octanol–water partition coefficient (Wildman–Crippen LogP) is 4.19. The van der Waals surface area contributed by atoms with E-state index >= 15 is 0 Å². The van der Waals surface area contributed by atoms with E-state index in [1.165, 1.54) is 0 Å². The summed E-state index contributed by atoms with van der Waals surface area (Å²) in [6.07, 6.45) is 3.54. The van der Waals surface area contributed by atoms with Crippen LogP contribution in [0.1, 0.15) is 26.3 Å². The predicted molar refractivity (Wildman–Crippen MR) is 87.4 cm³/mol. The van der Waals surface area contributed by atoms with Crippen LogP contribution in [0.3, 0.4) is 0 Å². The number of pyridine rings is 1. The summed E-state index contributed by atoms with van der Waals surface area (Å²) in [5.41, 5.74) is 3.54. The highest BCUT2D eigenvalue weighted by molar-refractivity contribution is 5.70. The molecule has 3 rings (SSSR count). The molecule has 0 amide bonds. The van der Waals surface area contributed by atoms with Gasteiger partial charge in [0.25, 0.3) is 0 Å². The summed E-state index contributed by atoms with van der Waals surface area (Å²) in [5, 5.41) is 9.87. The quantitative estimate of drug-likeness (QED) is 0.771. The Kier molecular flexibility index (Phi) is 3.32. The van der Waals surface area contributed by atoms with Crippen LogP contribution < -0.4 is 4.74 Å². The van der Waals surface area contributed by atoms with Gasteiger partial charge >= 0.3 is 0 Å². The van der Waals surface area contributed by atoms with Crippen molar-refractivity contribution < 1.29 is 9.84 Å². The number of rotatable bonds is 2. The molecule has 0 aliphatic rings. The largest absolute Gasteiger partial charge is 0.504 e. The lowest BCUT2D eigenvalue weighted by molar-refractivity contribution is 0.131. The Bertz CT molecular complexity index is 829. The number of aryl methyl sites for hydroxylation is 1. The number of hydrogen-bond donors (Lipinski definition) is 1. The Morgan fingerprint density at radius 3 is 2.59 bits per heavy atom. The van der Waals surface area contributed by atoms with Gasteiger partial charge in [-0.3, -0.25) is 4.40 Å². The average Bonchev–Trinajstić information content (AvgIpc) is 2.88. The molecule has 1 aromatic carbocycles. The van der Waals surface area contributed by atoms with Gasteiger partial charge in [-0.25, -0.2) is 4.98 Å². The lowest BCUT2D eigenvalue weighted by atomic mass is 10.0. The summed E-state index contributed by atoms with van der Waals surface area (Å²) in [4.78, 5) is 4.19. The first kappa shape index (κ1) is 14.4. The van der Waals surface area contributed by atoms with E-state index in [0.717, 1.165) is 22.6 Å². The van der Waals surface area contributed by atoms with Crippen LogP contribution in [0.2, 0.25) is 0 Å². The molecule has 4 nitrogen and oxygen atoms in total. The van der Waals surface area contributed by atoms with Crippen LogP contribution >= 0.6 is 0 Å². The van der Waals surface area contributed by atoms with Crippen LogP contribution in [0.5, 0.6) is 11.5 Å². The fourth-order valence-electron chi connectivity index (χ4n) is 2.56. The number of fused-ring (bicyclic) bond motifs is 1. The van der Waals surface area contributed by atoms with Gasteiger partial charge in [-0.05, 0) is 63.6 Å². The standard InChI is InChI=1S/C18H20N2O2/c1-12-11-13(22-18(2,3)4)5-6-14(12)15-7-8-16(21)17-19-9-10-20(15)17/h5-11,21H,1-4H3. The Balaban J connectivity index is 2.08. The molecule has 0 bridgehead atoms. The molecule has 0 radical (unpaired) electrons. The number of benzene rings is 1. The maximum Gasteiger partial charge on any atom is 0.179 e. The second kappa shape index (κ2) is 5.05. The summed E-state index contributed by atoms with van der Waals surface area (Å²) in [7, 11) is 0. The Labute approximate surface area is 130 Å². The van der Waals surface area contributed by atoms with E-state index in [9.17, 15) is 5.11 Å². The van der Waals surface area contributed by atoms with Crippen molar-refractivity contribution in [2.24, 2.45) is 0 Å². The summed E-state index contributed by atoms with van der Waals surface area (Å²) >= 11 is 0. The summed E-state index contributed by atoms with van der Waals surface area (Å²) < 4.78 is 7.80. The zero-order chi connectivity index (χ0) is 15.9. The molecule has 0 saturated heterocycles. The van der Waals surface area contributed by atoms with Gasteiger partial charge in [-0.2, -0.15) is 0 Å². The van der Waals surface area contributed by atoms with E-state index in [4.69, 9.17) is 4.74 Å². The van der Waals surface area contributed by atoms with Gasteiger partial charge < -0.3 is 9.84 Å². The van der Waals surface area contributed by atoms with Crippen molar-refractivity contribution in [1.82, 2.24) is 9.38 Å². The third kappa shape index (κ3) is 2.64. The first-order valence-electron chi connectivity index (χ1n) is 7.30. The fourth-order valence-corrected chi connectivity index (χ4v) is 2.56. The van der Waals surface area contributed by atoms with E-state index in [0.29, 0.717) is 5.65 Å². The van der Waals surface area contributed by atoms with Crippen molar-refractivity contribution in [2.45, 2.75) is 33.3 Å². The van der Waals surface area contributed by atoms with Crippen molar-refractivity contribution in [3.8, 4) is 22.8 Å². The van der Waals surface area contributed by atoms with Gasteiger partial charge in [0.05, 0.1) is 5.69 Å². The number of ether oxygens (including phenoxy) is 1. The van der Waals surface area contributed by atoms with Crippen molar-refractivity contribution in [1.29, 1.82) is 0 Å². The minimum absolute atomic E-state index is 0.180. The van der Waals surface area contributed by atoms with E-state index in [1.54, 1.807) is 12.3 Å². The SMILES string of the molecule is Cc1cc(OC(C)(C)C)ccc1-c1ccc(O)c2nccn12. The van der Waals surface area contributed by atoms with Gasteiger partial charge in [0, 0.05) is 18.0 Å². The molecular weight excluding hydrogens is 276 g/mol. The molecule has 0 aliphatic heterocycles. The lowest BCUT2D eigenvalue weighted by Gasteiger charge is -2.22. The van der Waals surface area contributed by atoms with E-state index in [2.05, 4.69) is 11.9 Å². The van der Waals surface area contributed by atoms with Crippen LogP contribution in [-0.4, -0.2) is 20.1 Å². The van der Waals surface area contributed by atoms with Crippen LogP contribution in [0, 0.1) is 6.92 Å². The Morgan fingerprint density at radius 1 is 1.14 bits per heavy atom. The topological polar surface area (TPSA) is 46.8 Å². The van der Waals surface area contributed by atoms with E-state index in [1.807, 2.05) is 55.6 Å². The molecule has 22 heavy (non-hydrogen) atoms. The smallest absolute Gasteiger partial charge is 0.179 e. The average molecular weight is 296 g/mol. The van der Waals surface area contributed by atoms with Crippen LogP contribution in [0.25, 0.3) is 16.9 Å². The normalized spacial score (nSPS) is 11.8. The highest BCUT2D eigenvalue weighted by Crippen LogP contribution is 2.31. The van der Waals surface area contributed by atoms with E-state index < -0.39 is 0 Å². The fraction of sp³-hybridized carbons (Fsp3) is 0.278. The lowest BCUT2D eigenvalue weighted by Crippen LogP contribution is -2.22. The molecule has 0 fully saturated rings. The summed E-state index contributed by atoms with van der Waals surface area (Å²) in [6.45, 7) is 8.15. The summed E-state index contributed by atoms with van der Waals surface area (Å²) in [6, 6.07) is 9.63. The molecule has 0 spiro atoms.